The van der Waals surface area contributed by atoms with Gasteiger partial charge >= 0.3 is 6.03 Å². The van der Waals surface area contributed by atoms with Crippen LogP contribution in [0.25, 0.3) is 10.9 Å². The van der Waals surface area contributed by atoms with Crippen molar-refractivity contribution >= 4 is 22.8 Å². The maximum Gasteiger partial charge on any atom is 0.320 e. The Balaban J connectivity index is 1.32. The first kappa shape index (κ1) is 20.2. The van der Waals surface area contributed by atoms with Crippen molar-refractivity contribution in [3.05, 3.63) is 48.2 Å². The number of carbonyl (C=O) groups excluding carboxylic acids is 1. The lowest BCUT2D eigenvalue weighted by Crippen LogP contribution is -2.35. The summed E-state index contributed by atoms with van der Waals surface area (Å²) >= 11 is 0. The van der Waals surface area contributed by atoms with Crippen LogP contribution in [0, 0.1) is 0 Å². The number of pyridine rings is 1. The molecule has 30 heavy (non-hydrogen) atoms. The van der Waals surface area contributed by atoms with Crippen LogP contribution in [0.4, 0.5) is 10.6 Å². The van der Waals surface area contributed by atoms with Gasteiger partial charge in [-0.3, -0.25) is 10.4 Å². The lowest BCUT2D eigenvalue weighted by molar-refractivity contribution is 0.249. The summed E-state index contributed by atoms with van der Waals surface area (Å²) in [6.45, 7) is 3.64. The molecule has 4 N–H and O–H groups in total. The maximum atomic E-state index is 12.3. The highest BCUT2D eigenvalue weighted by Crippen LogP contribution is 2.24. The van der Waals surface area contributed by atoms with Gasteiger partial charge in [0, 0.05) is 18.3 Å². The summed E-state index contributed by atoms with van der Waals surface area (Å²) in [5.74, 6) is 0.990. The Bertz CT molecular complexity index is 968. The monoisotopic (exact) mass is 408 g/mol. The third kappa shape index (κ3) is 5.07. The van der Waals surface area contributed by atoms with Crippen LogP contribution < -0.4 is 20.7 Å². The Hall–Kier alpha value is -3.13. The van der Waals surface area contributed by atoms with E-state index in [0.717, 1.165) is 29.4 Å². The summed E-state index contributed by atoms with van der Waals surface area (Å²) in [6, 6.07) is 11.7. The highest BCUT2D eigenvalue weighted by molar-refractivity contribution is 5.92. The second-order valence-corrected chi connectivity index (χ2v) is 7.66. The molecule has 2 atom stereocenters. The van der Waals surface area contributed by atoms with E-state index in [1.165, 1.54) is 19.3 Å². The van der Waals surface area contributed by atoms with Crippen LogP contribution >= 0.6 is 0 Å². The van der Waals surface area contributed by atoms with Gasteiger partial charge in [0.25, 0.3) is 0 Å². The summed E-state index contributed by atoms with van der Waals surface area (Å²) in [6.07, 6.45) is 6.36. The van der Waals surface area contributed by atoms with Crippen LogP contribution in [0.15, 0.2) is 42.6 Å². The molecule has 2 amide bonds. The molecule has 0 saturated carbocycles. The lowest BCUT2D eigenvalue weighted by atomic mass is 10.0. The average molecular weight is 409 g/mol. The molecule has 3 heterocycles. The van der Waals surface area contributed by atoms with Gasteiger partial charge in [0.15, 0.2) is 0 Å². The Kier molecular flexibility index (Phi) is 6.44. The van der Waals surface area contributed by atoms with Gasteiger partial charge in [-0.2, -0.15) is 0 Å². The van der Waals surface area contributed by atoms with Crippen molar-refractivity contribution < 1.29 is 9.53 Å². The number of benzene rings is 1. The minimum atomic E-state index is -0.311. The van der Waals surface area contributed by atoms with E-state index in [4.69, 9.17) is 4.74 Å². The summed E-state index contributed by atoms with van der Waals surface area (Å²) in [5.41, 5.74) is 1.80. The fraction of sp³-hybridized carbons (Fsp3) is 0.409. The number of hydrogen-bond acceptors (Lipinski definition) is 5. The van der Waals surface area contributed by atoms with Crippen molar-refractivity contribution in [2.45, 2.75) is 44.7 Å². The van der Waals surface area contributed by atoms with Crippen molar-refractivity contribution in [2.75, 3.05) is 18.5 Å². The number of hydrogen-bond donors (Lipinski definition) is 4. The predicted octanol–water partition coefficient (Wildman–Crippen LogP) is 3.75. The van der Waals surface area contributed by atoms with Crippen molar-refractivity contribution in [2.24, 2.45) is 0 Å². The number of amides is 2. The van der Waals surface area contributed by atoms with Crippen molar-refractivity contribution in [3.8, 4) is 5.88 Å². The summed E-state index contributed by atoms with van der Waals surface area (Å²) in [5, 5.41) is 17.2. The summed E-state index contributed by atoms with van der Waals surface area (Å²) in [7, 11) is 0. The molecule has 8 heteroatoms. The van der Waals surface area contributed by atoms with Gasteiger partial charge in [-0.05, 0) is 38.3 Å². The molecule has 3 aromatic rings. The molecule has 158 valence electrons. The number of ether oxygens (including phenoxy) is 1. The average Bonchev–Trinajstić information content (AvgIpc) is 3.17. The highest BCUT2D eigenvalue weighted by atomic mass is 16.5. The first-order chi connectivity index (χ1) is 14.7. The number of nitrogens with one attached hydrogen (secondary N) is 4. The van der Waals surface area contributed by atoms with E-state index in [9.17, 15) is 4.79 Å². The number of carbonyl (C=O) groups is 1. The molecule has 1 fully saturated rings. The summed E-state index contributed by atoms with van der Waals surface area (Å²) in [4.78, 5) is 16.6. The van der Waals surface area contributed by atoms with Crippen LogP contribution in [0.2, 0.25) is 0 Å². The Morgan fingerprint density at radius 3 is 2.97 bits per heavy atom. The fourth-order valence-electron chi connectivity index (χ4n) is 3.71. The van der Waals surface area contributed by atoms with Crippen molar-refractivity contribution in [3.63, 3.8) is 0 Å². The minimum absolute atomic E-state index is 0.110. The fourth-order valence-corrected chi connectivity index (χ4v) is 3.71. The molecule has 1 aliphatic heterocycles. The molecule has 4 rings (SSSR count). The smallest absolute Gasteiger partial charge is 0.320 e. The molecule has 0 bridgehead atoms. The zero-order chi connectivity index (χ0) is 20.8. The van der Waals surface area contributed by atoms with Gasteiger partial charge in [-0.25, -0.2) is 9.78 Å². The number of H-pyrrole nitrogens is 1. The number of aromatic nitrogens is 3. The molecule has 1 aliphatic rings. The zero-order valence-electron chi connectivity index (χ0n) is 17.1. The van der Waals surface area contributed by atoms with Gasteiger partial charge in [-0.15, -0.1) is 5.10 Å². The third-order valence-electron chi connectivity index (χ3n) is 5.42. The van der Waals surface area contributed by atoms with Crippen LogP contribution in [0.1, 0.15) is 44.2 Å². The quantitative estimate of drug-likeness (QED) is 0.477. The lowest BCUT2D eigenvalue weighted by Gasteiger charge is -2.23. The Labute approximate surface area is 175 Å². The maximum absolute atomic E-state index is 12.3. The topological polar surface area (TPSA) is 104 Å². The molecule has 1 aromatic carbocycles. The van der Waals surface area contributed by atoms with E-state index >= 15 is 0 Å². The van der Waals surface area contributed by atoms with Gasteiger partial charge in [0.2, 0.25) is 5.88 Å². The second kappa shape index (κ2) is 9.58. The molecule has 8 nitrogen and oxygen atoms in total. The first-order valence-corrected chi connectivity index (χ1v) is 10.5. The van der Waals surface area contributed by atoms with Crippen LogP contribution in [-0.4, -0.2) is 40.4 Å². The van der Waals surface area contributed by atoms with Gasteiger partial charge < -0.3 is 15.4 Å². The molecule has 0 aliphatic carbocycles. The van der Waals surface area contributed by atoms with Crippen molar-refractivity contribution in [1.82, 2.24) is 25.8 Å². The Morgan fingerprint density at radius 1 is 1.30 bits per heavy atom. The van der Waals surface area contributed by atoms with Crippen LogP contribution in [0.5, 0.6) is 5.88 Å². The molecular weight excluding hydrogens is 380 g/mol. The zero-order valence-corrected chi connectivity index (χ0v) is 17.1. The van der Waals surface area contributed by atoms with Gasteiger partial charge in [0.05, 0.1) is 23.6 Å². The predicted molar refractivity (Wildman–Crippen MR) is 117 cm³/mol. The number of aromatic amines is 1. The van der Waals surface area contributed by atoms with Crippen LogP contribution in [-0.2, 0) is 0 Å². The van der Waals surface area contributed by atoms with E-state index in [0.29, 0.717) is 24.3 Å². The number of urea groups is 1. The standard InChI is InChI=1S/C22H28N6O2/c1-15(16-7-3-2-4-8-16)25-22(29)26-20-13-19-18(14-24-20)21(28-27-19)30-12-10-17-9-5-6-11-23-17/h2-4,7-8,13-15,17,23H,5-6,9-12H2,1H3,(H,27,28)(H2,24,25,26,29). The van der Waals surface area contributed by atoms with Crippen molar-refractivity contribution in [1.29, 1.82) is 0 Å². The van der Waals surface area contributed by atoms with Gasteiger partial charge in [0.1, 0.15) is 5.82 Å². The number of anilines is 1. The number of rotatable bonds is 7. The minimum Gasteiger partial charge on any atom is -0.476 e. The normalized spacial score (nSPS) is 17.4. The van der Waals surface area contributed by atoms with Crippen LogP contribution in [0.3, 0.4) is 0 Å². The number of nitrogens with zero attached hydrogens (tertiary/aromatic N) is 2. The van der Waals surface area contributed by atoms with E-state index in [2.05, 4.69) is 31.1 Å². The first-order valence-electron chi connectivity index (χ1n) is 10.5. The van der Waals surface area contributed by atoms with E-state index in [1.807, 2.05) is 37.3 Å². The second-order valence-electron chi connectivity index (χ2n) is 7.66. The molecule has 0 spiro atoms. The SMILES string of the molecule is CC(NC(=O)Nc1cc2[nH]nc(OCCC3CCCCN3)c2cn1)c1ccccc1. The Morgan fingerprint density at radius 2 is 2.17 bits per heavy atom. The third-order valence-corrected chi connectivity index (χ3v) is 5.42. The summed E-state index contributed by atoms with van der Waals surface area (Å²) < 4.78 is 5.86. The molecule has 1 saturated heterocycles. The molecular formula is C22H28N6O2. The largest absolute Gasteiger partial charge is 0.476 e. The van der Waals surface area contributed by atoms with Gasteiger partial charge in [-0.1, -0.05) is 36.8 Å². The molecule has 0 radical (unpaired) electrons. The number of fused-ring (bicyclic) bond motifs is 1. The molecule has 2 aromatic heterocycles. The van der Waals surface area contributed by atoms with E-state index in [1.54, 1.807) is 12.3 Å². The molecule has 2 unspecified atom stereocenters. The van der Waals surface area contributed by atoms with E-state index in [-0.39, 0.29) is 12.1 Å². The number of piperidine rings is 1. The van der Waals surface area contributed by atoms with E-state index < -0.39 is 0 Å². The highest BCUT2D eigenvalue weighted by Gasteiger charge is 2.15.